The number of rotatable bonds is 4. The van der Waals surface area contributed by atoms with Gasteiger partial charge >= 0.3 is 5.97 Å². The molecule has 4 N–H and O–H groups in total. The van der Waals surface area contributed by atoms with Crippen molar-refractivity contribution in [2.24, 2.45) is 5.73 Å². The molecular formula is C10H13NO4. The Morgan fingerprint density at radius 1 is 1.67 bits per heavy atom. The van der Waals surface area contributed by atoms with Crippen molar-refractivity contribution in [2.75, 3.05) is 0 Å². The number of carboxylic acids is 1. The Labute approximate surface area is 86.8 Å². The summed E-state index contributed by atoms with van der Waals surface area (Å²) in [4.78, 5) is 10.5. The number of aliphatic hydroxyl groups is 1. The van der Waals surface area contributed by atoms with Crippen molar-refractivity contribution in [3.8, 4) is 0 Å². The lowest BCUT2D eigenvalue weighted by molar-refractivity contribution is -0.140. The molecule has 1 aromatic rings. The van der Waals surface area contributed by atoms with Crippen molar-refractivity contribution in [1.82, 2.24) is 0 Å². The molecule has 82 valence electrons. The zero-order valence-electron chi connectivity index (χ0n) is 8.25. The molecule has 5 heteroatoms. The first-order valence-corrected chi connectivity index (χ1v) is 4.40. The van der Waals surface area contributed by atoms with Gasteiger partial charge in [-0.3, -0.25) is 4.79 Å². The summed E-state index contributed by atoms with van der Waals surface area (Å²) in [6.45, 7) is 1.59. The fourth-order valence-electron chi connectivity index (χ4n) is 1.10. The van der Waals surface area contributed by atoms with Gasteiger partial charge in [-0.1, -0.05) is 0 Å². The highest BCUT2D eigenvalue weighted by Gasteiger charge is 2.23. The van der Waals surface area contributed by atoms with Crippen LogP contribution in [0.5, 0.6) is 0 Å². The highest BCUT2D eigenvalue weighted by Crippen LogP contribution is 2.11. The number of carboxylic acid groups (broad SMARTS) is 1. The molecule has 0 aliphatic rings. The summed E-state index contributed by atoms with van der Waals surface area (Å²) < 4.78 is 5.02. The van der Waals surface area contributed by atoms with Gasteiger partial charge in [-0.25, -0.2) is 0 Å². The molecule has 0 amide bonds. The summed E-state index contributed by atoms with van der Waals surface area (Å²) >= 11 is 0. The van der Waals surface area contributed by atoms with E-state index in [4.69, 9.17) is 15.3 Å². The van der Waals surface area contributed by atoms with Gasteiger partial charge in [-0.05, 0) is 30.7 Å². The molecule has 0 fully saturated rings. The van der Waals surface area contributed by atoms with Gasteiger partial charge < -0.3 is 20.4 Å². The average molecular weight is 211 g/mol. The first kappa shape index (κ1) is 11.5. The van der Waals surface area contributed by atoms with Gasteiger partial charge in [0.25, 0.3) is 0 Å². The Morgan fingerprint density at radius 2 is 2.33 bits per heavy atom. The number of aliphatic carboxylic acids is 1. The van der Waals surface area contributed by atoms with E-state index in [1.54, 1.807) is 25.1 Å². The number of carbonyl (C=O) groups is 1. The van der Waals surface area contributed by atoms with Crippen LogP contribution >= 0.6 is 0 Å². The first-order valence-electron chi connectivity index (χ1n) is 4.40. The van der Waals surface area contributed by atoms with Crippen LogP contribution < -0.4 is 5.73 Å². The van der Waals surface area contributed by atoms with Crippen LogP contribution in [0.25, 0.3) is 6.08 Å². The summed E-state index contributed by atoms with van der Waals surface area (Å²) in [7, 11) is 0. The van der Waals surface area contributed by atoms with E-state index in [1.165, 1.54) is 6.26 Å². The third-order valence-electron chi connectivity index (χ3n) is 2.00. The maximum atomic E-state index is 10.5. The van der Waals surface area contributed by atoms with E-state index < -0.39 is 18.1 Å². The van der Waals surface area contributed by atoms with Gasteiger partial charge in [0, 0.05) is 0 Å². The second kappa shape index (κ2) is 4.77. The topological polar surface area (TPSA) is 96.7 Å². The minimum absolute atomic E-state index is 0.444. The molecular weight excluding hydrogens is 198 g/mol. The Morgan fingerprint density at radius 3 is 2.80 bits per heavy atom. The van der Waals surface area contributed by atoms with Gasteiger partial charge in [-0.15, -0.1) is 0 Å². The highest BCUT2D eigenvalue weighted by molar-refractivity contribution is 5.75. The largest absolute Gasteiger partial charge is 0.480 e. The van der Waals surface area contributed by atoms with Crippen molar-refractivity contribution in [3.05, 3.63) is 29.7 Å². The molecule has 1 rings (SSSR count). The summed E-state index contributed by atoms with van der Waals surface area (Å²) in [5.41, 5.74) is 5.71. The molecule has 0 bridgehead atoms. The summed E-state index contributed by atoms with van der Waals surface area (Å²) in [5, 5.41) is 18.1. The Balaban J connectivity index is 2.76. The van der Waals surface area contributed by atoms with Gasteiger partial charge in [-0.2, -0.15) is 0 Å². The summed E-state index contributed by atoms with van der Waals surface area (Å²) in [6, 6.07) is 2.07. The van der Waals surface area contributed by atoms with E-state index in [-0.39, 0.29) is 0 Å². The van der Waals surface area contributed by atoms with Crippen molar-refractivity contribution < 1.29 is 19.4 Å². The van der Waals surface area contributed by atoms with Crippen molar-refractivity contribution in [1.29, 1.82) is 0 Å². The number of hydrogen-bond acceptors (Lipinski definition) is 4. The minimum atomic E-state index is -1.32. The Kier molecular flexibility index (Phi) is 3.65. The predicted molar refractivity (Wildman–Crippen MR) is 54.0 cm³/mol. The van der Waals surface area contributed by atoms with Crippen LogP contribution in [0, 0.1) is 0 Å². The molecule has 1 heterocycles. The second-order valence-electron chi connectivity index (χ2n) is 3.21. The monoisotopic (exact) mass is 211 g/mol. The van der Waals surface area contributed by atoms with Crippen molar-refractivity contribution >= 4 is 12.0 Å². The molecule has 2 unspecified atom stereocenters. The van der Waals surface area contributed by atoms with E-state index in [9.17, 15) is 9.90 Å². The SMILES string of the molecule is C/C(=C\c1ccco1)C(O)C(N)C(=O)O. The van der Waals surface area contributed by atoms with Crippen LogP contribution in [-0.2, 0) is 4.79 Å². The van der Waals surface area contributed by atoms with Crippen LogP contribution in [0.4, 0.5) is 0 Å². The van der Waals surface area contributed by atoms with Crippen LogP contribution in [-0.4, -0.2) is 28.3 Å². The van der Waals surface area contributed by atoms with E-state index in [1.807, 2.05) is 0 Å². The maximum Gasteiger partial charge on any atom is 0.323 e. The third-order valence-corrected chi connectivity index (χ3v) is 2.00. The van der Waals surface area contributed by atoms with Crippen LogP contribution in [0.3, 0.4) is 0 Å². The molecule has 5 nitrogen and oxygen atoms in total. The lowest BCUT2D eigenvalue weighted by Crippen LogP contribution is -2.42. The van der Waals surface area contributed by atoms with Crippen molar-refractivity contribution in [2.45, 2.75) is 19.1 Å². The smallest absolute Gasteiger partial charge is 0.323 e. The summed E-state index contributed by atoms with van der Waals surface area (Å²) in [5.74, 6) is -0.696. The zero-order chi connectivity index (χ0) is 11.4. The molecule has 0 aromatic carbocycles. The van der Waals surface area contributed by atoms with Gasteiger partial charge in [0.2, 0.25) is 0 Å². The Bertz CT molecular complexity index is 356. The molecule has 0 saturated carbocycles. The molecule has 2 atom stereocenters. The molecule has 0 saturated heterocycles. The molecule has 0 aliphatic carbocycles. The molecule has 1 aromatic heterocycles. The van der Waals surface area contributed by atoms with E-state index in [0.29, 0.717) is 11.3 Å². The molecule has 0 spiro atoms. The van der Waals surface area contributed by atoms with Crippen molar-refractivity contribution in [3.63, 3.8) is 0 Å². The number of nitrogens with two attached hydrogens (primary N) is 1. The van der Waals surface area contributed by atoms with Gasteiger partial charge in [0.1, 0.15) is 17.9 Å². The summed E-state index contributed by atoms with van der Waals surface area (Å²) in [6.07, 6.45) is 1.82. The standard InChI is InChI=1S/C10H13NO4/c1-6(5-7-3-2-4-15-7)9(12)8(11)10(13)14/h2-5,8-9,12H,11H2,1H3,(H,13,14)/b6-5+. The molecule has 0 aliphatic heterocycles. The number of furan rings is 1. The maximum absolute atomic E-state index is 10.5. The highest BCUT2D eigenvalue weighted by atomic mass is 16.4. The van der Waals surface area contributed by atoms with Gasteiger partial charge in [0.15, 0.2) is 0 Å². The zero-order valence-corrected chi connectivity index (χ0v) is 8.25. The lowest BCUT2D eigenvalue weighted by atomic mass is 10.0. The fourth-order valence-corrected chi connectivity index (χ4v) is 1.10. The molecule has 0 radical (unpaired) electrons. The number of aliphatic hydroxyl groups excluding tert-OH is 1. The minimum Gasteiger partial charge on any atom is -0.480 e. The van der Waals surface area contributed by atoms with Gasteiger partial charge in [0.05, 0.1) is 6.26 Å². The van der Waals surface area contributed by atoms with E-state index >= 15 is 0 Å². The lowest BCUT2D eigenvalue weighted by Gasteiger charge is -2.14. The number of hydrogen-bond donors (Lipinski definition) is 3. The first-order chi connectivity index (χ1) is 7.02. The molecule has 15 heavy (non-hydrogen) atoms. The van der Waals surface area contributed by atoms with E-state index in [0.717, 1.165) is 0 Å². The Hall–Kier alpha value is -1.59. The van der Waals surface area contributed by atoms with Crippen LogP contribution in [0.2, 0.25) is 0 Å². The van der Waals surface area contributed by atoms with Crippen LogP contribution in [0.1, 0.15) is 12.7 Å². The fraction of sp³-hybridized carbons (Fsp3) is 0.300. The second-order valence-corrected chi connectivity index (χ2v) is 3.21. The van der Waals surface area contributed by atoms with Crippen LogP contribution in [0.15, 0.2) is 28.4 Å². The van der Waals surface area contributed by atoms with E-state index in [2.05, 4.69) is 0 Å². The quantitative estimate of drug-likeness (QED) is 0.672. The predicted octanol–water partition coefficient (Wildman–Crippen LogP) is 0.456. The third kappa shape index (κ3) is 2.93. The normalized spacial score (nSPS) is 16.1. The average Bonchev–Trinajstić information content (AvgIpc) is 2.67.